The molecule has 9 heteroatoms. The summed E-state index contributed by atoms with van der Waals surface area (Å²) in [6.07, 6.45) is 1.61. The van der Waals surface area contributed by atoms with E-state index >= 15 is 0 Å². The number of carbonyl (C=O) groups excluding carboxylic acids is 1. The van der Waals surface area contributed by atoms with Crippen molar-refractivity contribution in [2.24, 2.45) is 0 Å². The summed E-state index contributed by atoms with van der Waals surface area (Å²) in [5.41, 5.74) is 0.791. The van der Waals surface area contributed by atoms with Crippen LogP contribution in [0.25, 0.3) is 11.0 Å². The third-order valence-electron chi connectivity index (χ3n) is 5.05. The number of morpholine rings is 1. The number of fused-ring (bicyclic) bond motifs is 1. The van der Waals surface area contributed by atoms with Crippen LogP contribution in [-0.2, 0) is 4.74 Å². The molecule has 1 fully saturated rings. The normalized spacial score (nSPS) is 15.5. The highest BCUT2D eigenvalue weighted by atomic mass is 35.5. The number of rotatable bonds is 5. The zero-order valence-electron chi connectivity index (χ0n) is 16.4. The molecule has 0 saturated carbocycles. The van der Waals surface area contributed by atoms with Crippen molar-refractivity contribution in [1.29, 1.82) is 0 Å². The van der Waals surface area contributed by atoms with Crippen LogP contribution in [-0.4, -0.2) is 43.7 Å². The van der Waals surface area contributed by atoms with Crippen molar-refractivity contribution >= 4 is 40.9 Å². The summed E-state index contributed by atoms with van der Waals surface area (Å²) >= 11 is 6.09. The number of hydrogen-bond acceptors (Lipinski definition) is 6. The van der Waals surface area contributed by atoms with Crippen LogP contribution >= 0.6 is 24.0 Å². The van der Waals surface area contributed by atoms with Crippen molar-refractivity contribution < 1.29 is 18.4 Å². The van der Waals surface area contributed by atoms with Crippen LogP contribution in [0, 0.1) is 6.92 Å². The van der Waals surface area contributed by atoms with Gasteiger partial charge in [0.05, 0.1) is 30.9 Å². The van der Waals surface area contributed by atoms with Crippen LogP contribution in [0.5, 0.6) is 0 Å². The lowest BCUT2D eigenvalue weighted by atomic mass is 10.1. The number of hydrogen-bond donors (Lipinski definition) is 1. The van der Waals surface area contributed by atoms with Gasteiger partial charge < -0.3 is 18.9 Å². The number of ether oxygens (including phenoxy) is 1. The first kappa shape index (κ1) is 22.4. The van der Waals surface area contributed by atoms with E-state index in [0.29, 0.717) is 35.8 Å². The number of halogens is 2. The predicted octanol–water partition coefficient (Wildman–Crippen LogP) is 3.57. The molecular weight excluding hydrogens is 431 g/mol. The molecule has 160 valence electrons. The maximum atomic E-state index is 12.7. The Kier molecular flexibility index (Phi) is 7.20. The predicted molar refractivity (Wildman–Crippen MR) is 116 cm³/mol. The molecule has 1 aliphatic rings. The number of nitrogens with zero attached hydrogens (tertiary/aromatic N) is 1. The van der Waals surface area contributed by atoms with E-state index in [9.17, 15) is 9.59 Å². The van der Waals surface area contributed by atoms with E-state index in [2.05, 4.69) is 10.2 Å². The van der Waals surface area contributed by atoms with Gasteiger partial charge in [-0.2, -0.15) is 0 Å². The molecule has 3 heterocycles. The minimum absolute atomic E-state index is 0. The Morgan fingerprint density at radius 3 is 2.73 bits per heavy atom. The molecular formula is C21H22Cl2N2O5. The van der Waals surface area contributed by atoms with Gasteiger partial charge in [-0.15, -0.1) is 12.4 Å². The molecule has 2 aromatic heterocycles. The summed E-state index contributed by atoms with van der Waals surface area (Å²) in [6, 6.07) is 7.99. The lowest BCUT2D eigenvalue weighted by Crippen LogP contribution is -2.43. The van der Waals surface area contributed by atoms with Crippen LogP contribution in [0.1, 0.15) is 27.9 Å². The first-order valence-corrected chi connectivity index (χ1v) is 9.78. The minimum Gasteiger partial charge on any atom is -0.468 e. The zero-order chi connectivity index (χ0) is 20.4. The highest BCUT2D eigenvalue weighted by Gasteiger charge is 2.26. The average Bonchev–Trinajstić information content (AvgIpc) is 3.25. The number of amides is 1. The third kappa shape index (κ3) is 4.70. The molecule has 1 saturated heterocycles. The second-order valence-corrected chi connectivity index (χ2v) is 7.37. The number of furan rings is 1. The second-order valence-electron chi connectivity index (χ2n) is 6.96. The van der Waals surface area contributed by atoms with Gasteiger partial charge in [-0.1, -0.05) is 11.6 Å². The molecule has 0 spiro atoms. The Labute approximate surface area is 184 Å². The van der Waals surface area contributed by atoms with Crippen LogP contribution in [0.2, 0.25) is 5.02 Å². The molecule has 1 aromatic carbocycles. The zero-order valence-corrected chi connectivity index (χ0v) is 17.9. The van der Waals surface area contributed by atoms with Gasteiger partial charge in [0, 0.05) is 30.7 Å². The molecule has 7 nitrogen and oxygen atoms in total. The molecule has 1 N–H and O–H groups in total. The Morgan fingerprint density at radius 2 is 2.03 bits per heavy atom. The van der Waals surface area contributed by atoms with Gasteiger partial charge >= 0.3 is 0 Å². The topological polar surface area (TPSA) is 84.9 Å². The molecule has 4 rings (SSSR count). The fourth-order valence-corrected chi connectivity index (χ4v) is 3.61. The van der Waals surface area contributed by atoms with Gasteiger partial charge in [0.25, 0.3) is 5.91 Å². The van der Waals surface area contributed by atoms with Crippen molar-refractivity contribution in [2.45, 2.75) is 13.0 Å². The van der Waals surface area contributed by atoms with E-state index in [4.69, 9.17) is 25.2 Å². The van der Waals surface area contributed by atoms with Crippen LogP contribution in [0.3, 0.4) is 0 Å². The van der Waals surface area contributed by atoms with Crippen molar-refractivity contribution in [3.8, 4) is 0 Å². The number of nitrogens with one attached hydrogen (secondary N) is 1. The Balaban J connectivity index is 0.00000256. The molecule has 1 amide bonds. The molecule has 1 atom stereocenters. The van der Waals surface area contributed by atoms with E-state index in [1.165, 1.54) is 6.07 Å². The minimum atomic E-state index is -0.457. The number of aryl methyl sites for hydroxylation is 1. The maximum absolute atomic E-state index is 12.7. The average molecular weight is 453 g/mol. The van der Waals surface area contributed by atoms with Gasteiger partial charge in [0.2, 0.25) is 0 Å². The highest BCUT2D eigenvalue weighted by molar-refractivity contribution is 6.32. The standard InChI is InChI=1S/C21H21ClN2O5.ClH/c1-13-9-19-14(10-15(13)22)17(25)11-20(29-19)21(26)23-12-16(18-3-2-6-28-18)24-4-7-27-8-5-24;/h2-3,6,9-11,16H,4-5,7-8,12H2,1H3,(H,23,26);1H. The molecule has 0 radical (unpaired) electrons. The quantitative estimate of drug-likeness (QED) is 0.636. The number of carbonyl (C=O) groups is 1. The molecule has 30 heavy (non-hydrogen) atoms. The van der Waals surface area contributed by atoms with Crippen LogP contribution in [0.4, 0.5) is 0 Å². The van der Waals surface area contributed by atoms with Crippen LogP contribution in [0.15, 0.2) is 50.2 Å². The summed E-state index contributed by atoms with van der Waals surface area (Å²) in [7, 11) is 0. The van der Waals surface area contributed by atoms with E-state index in [-0.39, 0.29) is 29.6 Å². The Hall–Kier alpha value is -2.32. The van der Waals surface area contributed by atoms with Gasteiger partial charge in [-0.05, 0) is 36.8 Å². The van der Waals surface area contributed by atoms with Crippen molar-refractivity contribution in [3.05, 3.63) is 68.9 Å². The van der Waals surface area contributed by atoms with Crippen LogP contribution < -0.4 is 10.7 Å². The monoisotopic (exact) mass is 452 g/mol. The van der Waals surface area contributed by atoms with Gasteiger partial charge in [-0.3, -0.25) is 14.5 Å². The van der Waals surface area contributed by atoms with E-state index in [0.717, 1.165) is 24.4 Å². The largest absolute Gasteiger partial charge is 0.468 e. The highest BCUT2D eigenvalue weighted by Crippen LogP contribution is 2.23. The summed E-state index contributed by atoms with van der Waals surface area (Å²) < 4.78 is 16.7. The molecule has 3 aromatic rings. The van der Waals surface area contributed by atoms with Crippen molar-refractivity contribution in [1.82, 2.24) is 10.2 Å². The first-order valence-electron chi connectivity index (χ1n) is 9.40. The summed E-state index contributed by atoms with van der Waals surface area (Å²) in [5.74, 6) is 0.267. The summed E-state index contributed by atoms with van der Waals surface area (Å²) in [6.45, 7) is 4.87. The lowest BCUT2D eigenvalue weighted by molar-refractivity contribution is 0.0117. The van der Waals surface area contributed by atoms with Crippen molar-refractivity contribution in [2.75, 3.05) is 32.8 Å². The van der Waals surface area contributed by atoms with Gasteiger partial charge in [0.1, 0.15) is 11.3 Å². The molecule has 0 bridgehead atoms. The fourth-order valence-electron chi connectivity index (χ4n) is 3.44. The second kappa shape index (κ2) is 9.66. The van der Waals surface area contributed by atoms with Gasteiger partial charge in [0.15, 0.2) is 11.2 Å². The van der Waals surface area contributed by atoms with E-state index in [1.807, 2.05) is 19.1 Å². The summed E-state index contributed by atoms with van der Waals surface area (Å²) in [4.78, 5) is 27.3. The summed E-state index contributed by atoms with van der Waals surface area (Å²) in [5, 5.41) is 3.69. The third-order valence-corrected chi connectivity index (χ3v) is 5.45. The van der Waals surface area contributed by atoms with Crippen molar-refractivity contribution in [3.63, 3.8) is 0 Å². The van der Waals surface area contributed by atoms with E-state index < -0.39 is 5.91 Å². The molecule has 1 unspecified atom stereocenters. The lowest BCUT2D eigenvalue weighted by Gasteiger charge is -2.33. The Morgan fingerprint density at radius 1 is 1.27 bits per heavy atom. The maximum Gasteiger partial charge on any atom is 0.287 e. The smallest absolute Gasteiger partial charge is 0.287 e. The Bertz CT molecular complexity index is 1070. The molecule has 0 aliphatic carbocycles. The van der Waals surface area contributed by atoms with E-state index in [1.54, 1.807) is 18.4 Å². The molecule has 1 aliphatic heterocycles. The fraction of sp³-hybridized carbons (Fsp3) is 0.333. The number of benzene rings is 1. The SMILES string of the molecule is Cc1cc2oc(C(=O)NCC(c3ccco3)N3CCOCC3)cc(=O)c2cc1Cl.Cl. The van der Waals surface area contributed by atoms with Gasteiger partial charge in [-0.25, -0.2) is 0 Å². The first-order chi connectivity index (χ1) is 14.0.